The zero-order valence-electron chi connectivity index (χ0n) is 11.0. The smallest absolute Gasteiger partial charge is 0.419 e. The molecule has 6 heteroatoms. The second-order valence-electron chi connectivity index (χ2n) is 4.45. The normalized spacial score (nSPS) is 13.0. The standard InChI is InChI=1S/C15H12BrF3O2/c1-9(20)11-7-6-10(16)8-14(11)21-13-5-3-2-4-12(13)15(17,18)19/h2-9,20H,1H3. The molecule has 0 bridgehead atoms. The van der Waals surface area contributed by atoms with E-state index in [2.05, 4.69) is 15.9 Å². The van der Waals surface area contributed by atoms with E-state index in [0.29, 0.717) is 10.0 Å². The van der Waals surface area contributed by atoms with Crippen molar-refractivity contribution >= 4 is 15.9 Å². The molecule has 112 valence electrons. The van der Waals surface area contributed by atoms with Crippen molar-refractivity contribution in [3.8, 4) is 11.5 Å². The van der Waals surface area contributed by atoms with Crippen LogP contribution in [0.25, 0.3) is 0 Å². The van der Waals surface area contributed by atoms with Crippen molar-refractivity contribution in [2.75, 3.05) is 0 Å². The van der Waals surface area contributed by atoms with Gasteiger partial charge in [-0.1, -0.05) is 34.1 Å². The molecule has 1 unspecified atom stereocenters. The average molecular weight is 361 g/mol. The van der Waals surface area contributed by atoms with E-state index >= 15 is 0 Å². The molecule has 0 aliphatic rings. The van der Waals surface area contributed by atoms with E-state index in [1.54, 1.807) is 12.1 Å². The molecule has 0 spiro atoms. The van der Waals surface area contributed by atoms with Crippen molar-refractivity contribution in [3.63, 3.8) is 0 Å². The molecule has 0 aliphatic heterocycles. The maximum atomic E-state index is 13.0. The fourth-order valence-electron chi connectivity index (χ4n) is 1.85. The summed E-state index contributed by atoms with van der Waals surface area (Å²) in [5.74, 6) is -0.124. The molecular weight excluding hydrogens is 349 g/mol. The van der Waals surface area contributed by atoms with Crippen LogP contribution in [0.1, 0.15) is 24.2 Å². The third-order valence-corrected chi connectivity index (χ3v) is 3.33. The summed E-state index contributed by atoms with van der Waals surface area (Å²) >= 11 is 3.23. The number of aliphatic hydroxyl groups is 1. The predicted molar refractivity (Wildman–Crippen MR) is 76.3 cm³/mol. The summed E-state index contributed by atoms with van der Waals surface area (Å²) in [6.07, 6.45) is -5.36. The Kier molecular flexibility index (Phi) is 4.58. The second-order valence-corrected chi connectivity index (χ2v) is 5.37. The van der Waals surface area contributed by atoms with Gasteiger partial charge in [0, 0.05) is 10.0 Å². The Morgan fingerprint density at radius 1 is 1.10 bits per heavy atom. The van der Waals surface area contributed by atoms with E-state index in [1.165, 1.54) is 31.2 Å². The van der Waals surface area contributed by atoms with Crippen LogP contribution in [0.5, 0.6) is 11.5 Å². The van der Waals surface area contributed by atoms with Gasteiger partial charge in [-0.05, 0) is 31.2 Å². The van der Waals surface area contributed by atoms with Crippen LogP contribution in [-0.4, -0.2) is 5.11 Å². The van der Waals surface area contributed by atoms with Crippen LogP contribution in [0.15, 0.2) is 46.9 Å². The fraction of sp³-hybridized carbons (Fsp3) is 0.200. The van der Waals surface area contributed by atoms with Crippen LogP contribution in [0, 0.1) is 0 Å². The van der Waals surface area contributed by atoms with Gasteiger partial charge in [-0.2, -0.15) is 13.2 Å². The van der Waals surface area contributed by atoms with Gasteiger partial charge in [0.25, 0.3) is 0 Å². The third-order valence-electron chi connectivity index (χ3n) is 2.84. The number of hydrogen-bond donors (Lipinski definition) is 1. The van der Waals surface area contributed by atoms with Crippen molar-refractivity contribution < 1.29 is 23.0 Å². The van der Waals surface area contributed by atoms with Crippen LogP contribution in [0.2, 0.25) is 0 Å². The number of rotatable bonds is 3. The van der Waals surface area contributed by atoms with Crippen LogP contribution in [0.4, 0.5) is 13.2 Å². The van der Waals surface area contributed by atoms with Gasteiger partial charge < -0.3 is 9.84 Å². The van der Waals surface area contributed by atoms with Gasteiger partial charge in [0.05, 0.1) is 11.7 Å². The van der Waals surface area contributed by atoms with Crippen molar-refractivity contribution in [2.24, 2.45) is 0 Å². The molecule has 1 N–H and O–H groups in total. The van der Waals surface area contributed by atoms with Crippen molar-refractivity contribution in [1.29, 1.82) is 0 Å². The molecule has 2 rings (SSSR count). The molecular formula is C15H12BrF3O2. The maximum Gasteiger partial charge on any atom is 0.419 e. The summed E-state index contributed by atoms with van der Waals surface area (Å²) < 4.78 is 44.9. The van der Waals surface area contributed by atoms with Gasteiger partial charge in [-0.15, -0.1) is 0 Å². The Morgan fingerprint density at radius 3 is 2.38 bits per heavy atom. The number of aliphatic hydroxyl groups excluding tert-OH is 1. The highest BCUT2D eigenvalue weighted by atomic mass is 79.9. The van der Waals surface area contributed by atoms with Gasteiger partial charge in [0.2, 0.25) is 0 Å². The minimum atomic E-state index is -4.51. The Bertz CT molecular complexity index is 639. The van der Waals surface area contributed by atoms with Gasteiger partial charge in [-0.3, -0.25) is 0 Å². The Hall–Kier alpha value is -1.53. The first-order valence-electron chi connectivity index (χ1n) is 6.10. The molecule has 2 nitrogen and oxygen atoms in total. The summed E-state index contributed by atoms with van der Waals surface area (Å²) in [7, 11) is 0. The lowest BCUT2D eigenvalue weighted by molar-refractivity contribution is -0.138. The van der Waals surface area contributed by atoms with E-state index in [1.807, 2.05) is 0 Å². The molecule has 1 atom stereocenters. The predicted octanol–water partition coefficient (Wildman–Crippen LogP) is 5.31. The molecule has 0 amide bonds. The molecule has 2 aromatic rings. The first-order chi connectivity index (χ1) is 9.79. The minimum Gasteiger partial charge on any atom is -0.456 e. The molecule has 2 aromatic carbocycles. The number of halogens is 4. The number of hydrogen-bond acceptors (Lipinski definition) is 2. The highest BCUT2D eigenvalue weighted by Gasteiger charge is 2.34. The molecule has 0 aromatic heterocycles. The largest absolute Gasteiger partial charge is 0.456 e. The lowest BCUT2D eigenvalue weighted by Crippen LogP contribution is -2.07. The van der Waals surface area contributed by atoms with Crippen molar-refractivity contribution in [3.05, 3.63) is 58.1 Å². The molecule has 0 saturated heterocycles. The monoisotopic (exact) mass is 360 g/mol. The third kappa shape index (κ3) is 3.77. The summed E-state index contributed by atoms with van der Waals surface area (Å²) in [5, 5.41) is 9.69. The average Bonchev–Trinajstić information content (AvgIpc) is 2.37. The highest BCUT2D eigenvalue weighted by molar-refractivity contribution is 9.10. The second kappa shape index (κ2) is 6.07. The fourth-order valence-corrected chi connectivity index (χ4v) is 2.19. The van der Waals surface area contributed by atoms with Gasteiger partial charge in [0.15, 0.2) is 0 Å². The maximum absolute atomic E-state index is 13.0. The van der Waals surface area contributed by atoms with Crippen LogP contribution in [0.3, 0.4) is 0 Å². The number of benzene rings is 2. The molecule has 0 saturated carbocycles. The first kappa shape index (κ1) is 15.9. The molecule has 0 radical (unpaired) electrons. The van der Waals surface area contributed by atoms with Crippen molar-refractivity contribution in [1.82, 2.24) is 0 Å². The summed E-state index contributed by atoms with van der Waals surface area (Å²) in [6, 6.07) is 9.77. The van der Waals surface area contributed by atoms with Crippen LogP contribution >= 0.6 is 15.9 Å². The van der Waals surface area contributed by atoms with Gasteiger partial charge >= 0.3 is 6.18 Å². The number of ether oxygens (including phenoxy) is 1. The zero-order valence-corrected chi connectivity index (χ0v) is 12.6. The highest BCUT2D eigenvalue weighted by Crippen LogP contribution is 2.39. The minimum absolute atomic E-state index is 0.177. The Balaban J connectivity index is 2.46. The molecule has 0 aliphatic carbocycles. The quantitative estimate of drug-likeness (QED) is 0.803. The lowest BCUT2D eigenvalue weighted by Gasteiger charge is -2.17. The summed E-state index contributed by atoms with van der Waals surface area (Å²) in [6.45, 7) is 1.52. The van der Waals surface area contributed by atoms with E-state index in [4.69, 9.17) is 4.74 Å². The first-order valence-corrected chi connectivity index (χ1v) is 6.90. The van der Waals surface area contributed by atoms with Crippen LogP contribution < -0.4 is 4.74 Å². The van der Waals surface area contributed by atoms with Crippen molar-refractivity contribution in [2.45, 2.75) is 19.2 Å². The lowest BCUT2D eigenvalue weighted by atomic mass is 10.1. The van der Waals surface area contributed by atoms with Gasteiger partial charge in [0.1, 0.15) is 11.5 Å². The van der Waals surface area contributed by atoms with Gasteiger partial charge in [-0.25, -0.2) is 0 Å². The zero-order chi connectivity index (χ0) is 15.6. The summed E-state index contributed by atoms with van der Waals surface area (Å²) in [4.78, 5) is 0. The Labute approximate surface area is 128 Å². The Morgan fingerprint density at radius 2 is 1.76 bits per heavy atom. The van der Waals surface area contributed by atoms with Crippen LogP contribution in [-0.2, 0) is 6.18 Å². The van der Waals surface area contributed by atoms with E-state index in [-0.39, 0.29) is 11.5 Å². The van der Waals surface area contributed by atoms with E-state index in [0.717, 1.165) is 6.07 Å². The molecule has 0 fully saturated rings. The topological polar surface area (TPSA) is 29.5 Å². The van der Waals surface area contributed by atoms with E-state index in [9.17, 15) is 18.3 Å². The summed E-state index contributed by atoms with van der Waals surface area (Å²) in [5.41, 5.74) is -0.448. The number of para-hydroxylation sites is 1. The SMILES string of the molecule is CC(O)c1ccc(Br)cc1Oc1ccccc1C(F)(F)F. The molecule has 21 heavy (non-hydrogen) atoms. The molecule has 0 heterocycles. The van der Waals surface area contributed by atoms with E-state index < -0.39 is 17.8 Å². The number of alkyl halides is 3.